The van der Waals surface area contributed by atoms with Crippen molar-refractivity contribution in [1.29, 1.82) is 0 Å². The molecule has 1 heteroatoms. The van der Waals surface area contributed by atoms with Gasteiger partial charge < -0.3 is 4.74 Å². The van der Waals surface area contributed by atoms with E-state index in [0.717, 1.165) is 24.3 Å². The first-order valence-corrected chi connectivity index (χ1v) is 7.89. The van der Waals surface area contributed by atoms with Gasteiger partial charge in [-0.3, -0.25) is 0 Å². The molecule has 0 unspecified atom stereocenters. The number of hydrogen-bond acceptors (Lipinski definition) is 1. The van der Waals surface area contributed by atoms with Crippen LogP contribution in [-0.4, -0.2) is 0 Å². The van der Waals surface area contributed by atoms with E-state index < -0.39 is 0 Å². The molecule has 0 heterocycles. The molecule has 0 radical (unpaired) electrons. The van der Waals surface area contributed by atoms with E-state index in [1.807, 2.05) is 0 Å². The highest BCUT2D eigenvalue weighted by atomic mass is 16.5. The highest BCUT2D eigenvalue weighted by Gasteiger charge is 2.16. The second-order valence-electron chi connectivity index (χ2n) is 7.23. The van der Waals surface area contributed by atoms with Crippen LogP contribution in [0.5, 0.6) is 11.5 Å². The molecule has 0 bridgehead atoms. The molecule has 0 aromatic heterocycles. The van der Waals surface area contributed by atoms with Gasteiger partial charge in [-0.15, -0.1) is 0 Å². The van der Waals surface area contributed by atoms with Gasteiger partial charge in [-0.05, 0) is 66.0 Å². The minimum atomic E-state index is 0.298. The molecule has 3 rings (SSSR count). The summed E-state index contributed by atoms with van der Waals surface area (Å²) in [5.41, 5.74) is 4.50. The van der Waals surface area contributed by atoms with Crippen LogP contribution in [-0.2, 0) is 19.3 Å². The Morgan fingerprint density at radius 3 is 2.62 bits per heavy atom. The summed E-state index contributed by atoms with van der Waals surface area (Å²) < 4.78 is 6.18. The average Bonchev–Trinajstić information content (AvgIpc) is 2.86. The molecule has 0 fully saturated rings. The summed E-state index contributed by atoms with van der Waals surface area (Å²) in [6.07, 6.45) is 4.65. The zero-order chi connectivity index (χ0) is 14.9. The Morgan fingerprint density at radius 2 is 1.81 bits per heavy atom. The molecule has 0 saturated carbocycles. The number of fused-ring (bicyclic) bond motifs is 1. The summed E-state index contributed by atoms with van der Waals surface area (Å²) in [5, 5.41) is 0. The molecule has 0 saturated heterocycles. The van der Waals surface area contributed by atoms with Gasteiger partial charge in [0.05, 0.1) is 0 Å². The number of ether oxygens (including phenoxy) is 1. The summed E-state index contributed by atoms with van der Waals surface area (Å²) in [4.78, 5) is 0. The van der Waals surface area contributed by atoms with E-state index in [1.165, 1.54) is 29.5 Å². The van der Waals surface area contributed by atoms with Crippen LogP contribution in [0.15, 0.2) is 42.5 Å². The maximum atomic E-state index is 6.18. The lowest BCUT2D eigenvalue weighted by molar-refractivity contribution is 0.409. The second-order valence-corrected chi connectivity index (χ2v) is 7.23. The Bertz CT molecular complexity index is 635. The van der Waals surface area contributed by atoms with Gasteiger partial charge >= 0.3 is 0 Å². The number of rotatable bonds is 3. The van der Waals surface area contributed by atoms with Gasteiger partial charge in [0.15, 0.2) is 0 Å². The number of hydrogen-bond donors (Lipinski definition) is 0. The first kappa shape index (κ1) is 14.2. The van der Waals surface area contributed by atoms with Crippen molar-refractivity contribution in [2.24, 2.45) is 5.41 Å². The zero-order valence-corrected chi connectivity index (χ0v) is 13.3. The van der Waals surface area contributed by atoms with Crippen LogP contribution < -0.4 is 4.74 Å². The van der Waals surface area contributed by atoms with Gasteiger partial charge in [0, 0.05) is 0 Å². The van der Waals surface area contributed by atoms with Gasteiger partial charge in [-0.2, -0.15) is 0 Å². The maximum Gasteiger partial charge on any atom is 0.130 e. The molecule has 2 aromatic carbocycles. The molecule has 2 aromatic rings. The van der Waals surface area contributed by atoms with E-state index in [9.17, 15) is 0 Å². The van der Waals surface area contributed by atoms with Gasteiger partial charge in [-0.1, -0.05) is 45.0 Å². The van der Waals surface area contributed by atoms with Gasteiger partial charge in [-0.25, -0.2) is 0 Å². The third-order valence-electron chi connectivity index (χ3n) is 3.96. The van der Waals surface area contributed by atoms with Crippen LogP contribution in [0.2, 0.25) is 0 Å². The standard InChI is InChI=1S/C20H24O/c1-20(2,3)14-15-7-4-10-17(13-15)21-19-12-6-9-16-8-5-11-18(16)19/h4,6-7,9-10,12-13H,5,8,11,14H2,1-3H3. The monoisotopic (exact) mass is 280 g/mol. The van der Waals surface area contributed by atoms with Crippen molar-refractivity contribution in [3.8, 4) is 11.5 Å². The van der Waals surface area contributed by atoms with Crippen LogP contribution >= 0.6 is 0 Å². The average molecular weight is 280 g/mol. The van der Waals surface area contributed by atoms with Crippen molar-refractivity contribution in [1.82, 2.24) is 0 Å². The van der Waals surface area contributed by atoms with E-state index in [4.69, 9.17) is 4.74 Å². The predicted octanol–water partition coefficient (Wildman–Crippen LogP) is 5.56. The summed E-state index contributed by atoms with van der Waals surface area (Å²) in [6.45, 7) is 6.81. The van der Waals surface area contributed by atoms with Gasteiger partial charge in [0.25, 0.3) is 0 Å². The summed E-state index contributed by atoms with van der Waals surface area (Å²) >= 11 is 0. The van der Waals surface area contributed by atoms with Gasteiger partial charge in [0.1, 0.15) is 11.5 Å². The van der Waals surface area contributed by atoms with E-state index in [1.54, 1.807) is 0 Å². The third-order valence-corrected chi connectivity index (χ3v) is 3.96. The lowest BCUT2D eigenvalue weighted by Gasteiger charge is -2.18. The third kappa shape index (κ3) is 3.47. The molecular weight excluding hydrogens is 256 g/mol. The zero-order valence-electron chi connectivity index (χ0n) is 13.3. The van der Waals surface area contributed by atoms with Crippen LogP contribution in [0.1, 0.15) is 43.9 Å². The number of aryl methyl sites for hydroxylation is 1. The van der Waals surface area contributed by atoms with Crippen LogP contribution in [0.3, 0.4) is 0 Å². The van der Waals surface area contributed by atoms with Crippen molar-refractivity contribution in [3.05, 3.63) is 59.2 Å². The van der Waals surface area contributed by atoms with Crippen LogP contribution in [0, 0.1) is 5.41 Å². The predicted molar refractivity (Wildman–Crippen MR) is 88.1 cm³/mol. The van der Waals surface area contributed by atoms with Crippen LogP contribution in [0.25, 0.3) is 0 Å². The summed E-state index contributed by atoms with van der Waals surface area (Å²) in [6, 6.07) is 15.0. The van der Waals surface area contributed by atoms with Crippen molar-refractivity contribution in [2.45, 2.75) is 46.5 Å². The molecule has 1 aliphatic carbocycles. The first-order chi connectivity index (χ1) is 10.0. The largest absolute Gasteiger partial charge is 0.457 e. The fourth-order valence-electron chi connectivity index (χ4n) is 3.14. The van der Waals surface area contributed by atoms with Crippen molar-refractivity contribution < 1.29 is 4.74 Å². The van der Waals surface area contributed by atoms with E-state index in [0.29, 0.717) is 5.41 Å². The molecular formula is C20H24O. The van der Waals surface area contributed by atoms with Gasteiger partial charge in [0.2, 0.25) is 0 Å². The van der Waals surface area contributed by atoms with E-state index in [-0.39, 0.29) is 0 Å². The lowest BCUT2D eigenvalue weighted by atomic mass is 9.88. The van der Waals surface area contributed by atoms with Crippen molar-refractivity contribution in [3.63, 3.8) is 0 Å². The Kier molecular flexibility index (Phi) is 3.75. The smallest absolute Gasteiger partial charge is 0.130 e. The lowest BCUT2D eigenvalue weighted by Crippen LogP contribution is -2.08. The normalized spacial score (nSPS) is 14.0. The van der Waals surface area contributed by atoms with Crippen molar-refractivity contribution in [2.75, 3.05) is 0 Å². The Labute approximate surface area is 128 Å². The first-order valence-electron chi connectivity index (χ1n) is 7.89. The molecule has 0 atom stereocenters. The minimum Gasteiger partial charge on any atom is -0.457 e. The number of benzene rings is 2. The second kappa shape index (κ2) is 5.55. The SMILES string of the molecule is CC(C)(C)Cc1cccc(Oc2cccc3c2CCC3)c1. The minimum absolute atomic E-state index is 0.298. The van der Waals surface area contributed by atoms with Crippen LogP contribution in [0.4, 0.5) is 0 Å². The quantitative estimate of drug-likeness (QED) is 0.715. The topological polar surface area (TPSA) is 9.23 Å². The maximum absolute atomic E-state index is 6.18. The summed E-state index contributed by atoms with van der Waals surface area (Å²) in [7, 11) is 0. The highest BCUT2D eigenvalue weighted by molar-refractivity contribution is 5.45. The Hall–Kier alpha value is -1.76. The van der Waals surface area contributed by atoms with E-state index in [2.05, 4.69) is 63.2 Å². The molecule has 110 valence electrons. The molecule has 0 N–H and O–H groups in total. The molecule has 1 aliphatic rings. The van der Waals surface area contributed by atoms with Crippen molar-refractivity contribution >= 4 is 0 Å². The molecule has 21 heavy (non-hydrogen) atoms. The van der Waals surface area contributed by atoms with E-state index >= 15 is 0 Å². The molecule has 0 aliphatic heterocycles. The summed E-state index contributed by atoms with van der Waals surface area (Å²) in [5.74, 6) is 2.00. The molecule has 0 amide bonds. The molecule has 1 nitrogen and oxygen atoms in total. The fraction of sp³-hybridized carbons (Fsp3) is 0.400. The molecule has 0 spiro atoms. The Morgan fingerprint density at radius 1 is 1.00 bits per heavy atom. The highest BCUT2D eigenvalue weighted by Crippen LogP contribution is 2.34. The fourth-order valence-corrected chi connectivity index (χ4v) is 3.14. The Balaban J connectivity index is 1.83.